The van der Waals surface area contributed by atoms with E-state index in [9.17, 15) is 18.3 Å². The van der Waals surface area contributed by atoms with Crippen LogP contribution in [-0.2, 0) is 14.9 Å². The van der Waals surface area contributed by atoms with Gasteiger partial charge in [0.1, 0.15) is 0 Å². The van der Waals surface area contributed by atoms with E-state index in [0.717, 1.165) is 25.7 Å². The van der Waals surface area contributed by atoms with Crippen LogP contribution in [0.4, 0.5) is 0 Å². The van der Waals surface area contributed by atoms with Crippen molar-refractivity contribution < 1.29 is 22.9 Å². The predicted octanol–water partition coefficient (Wildman–Crippen LogP) is 2.68. The summed E-state index contributed by atoms with van der Waals surface area (Å²) in [5, 5.41) is 9.35. The topological polar surface area (TPSA) is 91.7 Å². The molecule has 1 aliphatic carbocycles. The second-order valence-corrected chi connectivity index (χ2v) is 6.74. The Morgan fingerprint density at radius 2 is 1.75 bits per heavy atom. The maximum atomic E-state index is 11.4. The molecule has 5 nitrogen and oxygen atoms in total. The SMILES string of the molecule is O=C(O)[C@H](CC1CCCC1)c1ccc(S(=O)(=O)O)cc1. The number of aliphatic carboxylic acids is 1. The Kier molecular flexibility index (Phi) is 4.45. The van der Waals surface area contributed by atoms with E-state index in [2.05, 4.69) is 0 Å². The number of carboxylic acids is 1. The molecule has 0 spiro atoms. The van der Waals surface area contributed by atoms with Gasteiger partial charge in [0.05, 0.1) is 10.8 Å². The molecular weight excluding hydrogens is 280 g/mol. The smallest absolute Gasteiger partial charge is 0.310 e. The fourth-order valence-electron chi connectivity index (χ4n) is 2.83. The minimum Gasteiger partial charge on any atom is -0.481 e. The van der Waals surface area contributed by atoms with E-state index in [1.165, 1.54) is 24.3 Å². The Morgan fingerprint density at radius 1 is 1.20 bits per heavy atom. The maximum absolute atomic E-state index is 11.4. The highest BCUT2D eigenvalue weighted by Crippen LogP contribution is 2.34. The molecule has 1 fully saturated rings. The van der Waals surface area contributed by atoms with Crippen molar-refractivity contribution in [2.24, 2.45) is 5.92 Å². The molecule has 20 heavy (non-hydrogen) atoms. The summed E-state index contributed by atoms with van der Waals surface area (Å²) < 4.78 is 30.8. The van der Waals surface area contributed by atoms with Crippen LogP contribution in [0.3, 0.4) is 0 Å². The Morgan fingerprint density at radius 3 is 2.20 bits per heavy atom. The van der Waals surface area contributed by atoms with E-state index >= 15 is 0 Å². The minimum absolute atomic E-state index is 0.216. The third-order valence-electron chi connectivity index (χ3n) is 3.92. The van der Waals surface area contributed by atoms with E-state index in [1.807, 2.05) is 0 Å². The Balaban J connectivity index is 2.19. The van der Waals surface area contributed by atoms with E-state index < -0.39 is 22.0 Å². The molecular formula is C14H18O5S. The van der Waals surface area contributed by atoms with Crippen LogP contribution in [0.2, 0.25) is 0 Å². The lowest BCUT2D eigenvalue weighted by atomic mass is 9.88. The van der Waals surface area contributed by atoms with Gasteiger partial charge in [-0.1, -0.05) is 37.8 Å². The molecule has 1 atom stereocenters. The summed E-state index contributed by atoms with van der Waals surface area (Å²) in [6, 6.07) is 5.43. The van der Waals surface area contributed by atoms with Gasteiger partial charge in [-0.05, 0) is 30.0 Å². The second-order valence-electron chi connectivity index (χ2n) is 5.32. The molecule has 110 valence electrons. The molecule has 1 aromatic rings. The van der Waals surface area contributed by atoms with Crippen LogP contribution < -0.4 is 0 Å². The highest BCUT2D eigenvalue weighted by molar-refractivity contribution is 7.85. The Bertz CT molecular complexity index is 570. The van der Waals surface area contributed by atoms with Crippen LogP contribution in [0.25, 0.3) is 0 Å². The molecule has 2 N–H and O–H groups in total. The quantitative estimate of drug-likeness (QED) is 0.815. The summed E-state index contributed by atoms with van der Waals surface area (Å²) >= 11 is 0. The summed E-state index contributed by atoms with van der Waals surface area (Å²) in [6.45, 7) is 0. The first-order valence-corrected chi connectivity index (χ1v) is 8.12. The van der Waals surface area contributed by atoms with Gasteiger partial charge in [-0.15, -0.1) is 0 Å². The van der Waals surface area contributed by atoms with Crippen LogP contribution in [0.1, 0.15) is 43.6 Å². The molecule has 1 aromatic carbocycles. The average Bonchev–Trinajstić information content (AvgIpc) is 2.87. The predicted molar refractivity (Wildman–Crippen MR) is 73.2 cm³/mol. The van der Waals surface area contributed by atoms with Crippen molar-refractivity contribution in [1.82, 2.24) is 0 Å². The summed E-state index contributed by atoms with van der Waals surface area (Å²) in [5.41, 5.74) is 0.580. The van der Waals surface area contributed by atoms with Crippen molar-refractivity contribution >= 4 is 16.1 Å². The maximum Gasteiger partial charge on any atom is 0.310 e. The molecule has 0 radical (unpaired) electrons. The molecule has 6 heteroatoms. The summed E-state index contributed by atoms with van der Waals surface area (Å²) in [5.74, 6) is -1.08. The number of benzene rings is 1. The fraction of sp³-hybridized carbons (Fsp3) is 0.500. The summed E-state index contributed by atoms with van der Waals surface area (Å²) in [6.07, 6.45) is 5.01. The normalized spacial score (nSPS) is 18.1. The molecule has 0 unspecified atom stereocenters. The molecule has 0 heterocycles. The van der Waals surface area contributed by atoms with Crippen LogP contribution >= 0.6 is 0 Å². The van der Waals surface area contributed by atoms with Crippen LogP contribution in [0.5, 0.6) is 0 Å². The lowest BCUT2D eigenvalue weighted by Crippen LogP contribution is -2.15. The van der Waals surface area contributed by atoms with E-state index in [0.29, 0.717) is 17.9 Å². The average molecular weight is 298 g/mol. The molecule has 0 bridgehead atoms. The second kappa shape index (κ2) is 5.93. The third kappa shape index (κ3) is 3.58. The number of rotatable bonds is 5. The molecule has 0 saturated heterocycles. The zero-order valence-corrected chi connectivity index (χ0v) is 11.8. The highest BCUT2D eigenvalue weighted by atomic mass is 32.2. The van der Waals surface area contributed by atoms with Crippen molar-refractivity contribution in [3.63, 3.8) is 0 Å². The van der Waals surface area contributed by atoms with Crippen LogP contribution in [-0.4, -0.2) is 24.0 Å². The highest BCUT2D eigenvalue weighted by Gasteiger charge is 2.26. The van der Waals surface area contributed by atoms with E-state index in [4.69, 9.17) is 4.55 Å². The van der Waals surface area contributed by atoms with Gasteiger partial charge in [0.15, 0.2) is 0 Å². The van der Waals surface area contributed by atoms with Crippen molar-refractivity contribution in [1.29, 1.82) is 0 Å². The van der Waals surface area contributed by atoms with Gasteiger partial charge in [0.2, 0.25) is 0 Å². The van der Waals surface area contributed by atoms with Crippen molar-refractivity contribution in [2.75, 3.05) is 0 Å². The van der Waals surface area contributed by atoms with Gasteiger partial charge in [-0.2, -0.15) is 8.42 Å². The lowest BCUT2D eigenvalue weighted by Gasteiger charge is -2.17. The first-order chi connectivity index (χ1) is 9.38. The Labute approximate surface area is 118 Å². The van der Waals surface area contributed by atoms with Gasteiger partial charge in [-0.25, -0.2) is 0 Å². The fourth-order valence-corrected chi connectivity index (χ4v) is 3.31. The number of carbonyl (C=O) groups is 1. The minimum atomic E-state index is -4.24. The van der Waals surface area contributed by atoms with Crippen molar-refractivity contribution in [3.05, 3.63) is 29.8 Å². The van der Waals surface area contributed by atoms with Crippen LogP contribution in [0, 0.1) is 5.92 Å². The van der Waals surface area contributed by atoms with Gasteiger partial charge in [-0.3, -0.25) is 9.35 Å². The van der Waals surface area contributed by atoms with E-state index in [-0.39, 0.29) is 4.90 Å². The Hall–Kier alpha value is -1.40. The van der Waals surface area contributed by atoms with Crippen LogP contribution in [0.15, 0.2) is 29.2 Å². The zero-order valence-electron chi connectivity index (χ0n) is 11.0. The van der Waals surface area contributed by atoms with Crippen molar-refractivity contribution in [2.45, 2.75) is 42.9 Å². The first kappa shape index (κ1) is 15.0. The van der Waals surface area contributed by atoms with Gasteiger partial charge < -0.3 is 5.11 Å². The summed E-state index contributed by atoms with van der Waals surface area (Å²) in [4.78, 5) is 11.2. The monoisotopic (exact) mass is 298 g/mol. The molecule has 0 aromatic heterocycles. The summed E-state index contributed by atoms with van der Waals surface area (Å²) in [7, 11) is -4.24. The molecule has 0 aliphatic heterocycles. The molecule has 1 aliphatic rings. The first-order valence-electron chi connectivity index (χ1n) is 6.68. The molecule has 1 saturated carbocycles. The zero-order chi connectivity index (χ0) is 14.8. The largest absolute Gasteiger partial charge is 0.481 e. The number of hydrogen-bond donors (Lipinski definition) is 2. The molecule has 2 rings (SSSR count). The number of hydrogen-bond acceptors (Lipinski definition) is 3. The molecule has 0 amide bonds. The van der Waals surface area contributed by atoms with Gasteiger partial charge >= 0.3 is 5.97 Å². The lowest BCUT2D eigenvalue weighted by molar-refractivity contribution is -0.139. The third-order valence-corrected chi connectivity index (χ3v) is 4.79. The van der Waals surface area contributed by atoms with Gasteiger partial charge in [0.25, 0.3) is 10.1 Å². The van der Waals surface area contributed by atoms with Crippen molar-refractivity contribution in [3.8, 4) is 0 Å². The van der Waals surface area contributed by atoms with E-state index in [1.54, 1.807) is 0 Å². The number of carboxylic acid groups (broad SMARTS) is 1. The standard InChI is InChI=1S/C14H18O5S/c15-14(16)13(9-10-3-1-2-4-10)11-5-7-12(8-6-11)20(17,18)19/h5-8,10,13H,1-4,9H2,(H,15,16)(H,17,18,19)/t13-/m1/s1. The van der Waals surface area contributed by atoms with Gasteiger partial charge in [0, 0.05) is 0 Å².